The van der Waals surface area contributed by atoms with Crippen LogP contribution in [0.15, 0.2) is 112 Å². The quantitative estimate of drug-likeness (QED) is 0.0957. The van der Waals surface area contributed by atoms with E-state index < -0.39 is 17.1 Å². The highest BCUT2D eigenvalue weighted by Crippen LogP contribution is 2.38. The Bertz CT molecular complexity index is 2020. The van der Waals surface area contributed by atoms with E-state index in [0.717, 1.165) is 47.0 Å². The molecule has 6 rings (SSSR count). The van der Waals surface area contributed by atoms with Crippen LogP contribution < -0.4 is 16.0 Å². The molecule has 0 spiro atoms. The minimum atomic E-state index is -0.481. The third-order valence-electron chi connectivity index (χ3n) is 7.89. The Morgan fingerprint density at radius 3 is 2.51 bits per heavy atom. The van der Waals surface area contributed by atoms with Crippen LogP contribution in [0.2, 0.25) is 0 Å². The number of carbonyl (C=O) groups excluding carboxylic acids is 3. The number of amides is 3. The molecule has 3 N–H and O–H groups in total. The molecule has 2 aromatic heterocycles. The third kappa shape index (κ3) is 8.73. The topological polar surface area (TPSA) is 114 Å². The molecule has 0 saturated carbocycles. The number of fused-ring (bicyclic) bond motifs is 1. The normalized spacial score (nSPS) is 13.5. The Balaban J connectivity index is 1.09. The minimum absolute atomic E-state index is 0.105. The average molecular weight is 704 g/mol. The number of thioether (sulfide) groups is 1. The highest BCUT2D eigenvalue weighted by atomic mass is 32.2. The monoisotopic (exact) mass is 703 g/mol. The van der Waals surface area contributed by atoms with Crippen LogP contribution >= 0.6 is 34.4 Å². The lowest BCUT2D eigenvalue weighted by molar-refractivity contribution is -0.115. The number of nitriles is 1. The van der Waals surface area contributed by atoms with Gasteiger partial charge in [-0.1, -0.05) is 54.6 Å². The van der Waals surface area contributed by atoms with Crippen molar-refractivity contribution in [2.75, 3.05) is 17.2 Å². The van der Waals surface area contributed by atoms with E-state index in [2.05, 4.69) is 39.1 Å². The van der Waals surface area contributed by atoms with Crippen molar-refractivity contribution in [3.8, 4) is 6.07 Å². The van der Waals surface area contributed by atoms with E-state index in [1.807, 2.05) is 54.1 Å². The van der Waals surface area contributed by atoms with Gasteiger partial charge in [0, 0.05) is 40.7 Å². The molecule has 0 radical (unpaired) electrons. The van der Waals surface area contributed by atoms with Gasteiger partial charge in [0.15, 0.2) is 0 Å². The average Bonchev–Trinajstić information content (AvgIpc) is 3.75. The van der Waals surface area contributed by atoms with E-state index in [0.29, 0.717) is 21.8 Å². The van der Waals surface area contributed by atoms with Gasteiger partial charge < -0.3 is 16.0 Å². The van der Waals surface area contributed by atoms with Gasteiger partial charge in [-0.15, -0.1) is 23.1 Å². The molecule has 0 aliphatic carbocycles. The van der Waals surface area contributed by atoms with Gasteiger partial charge in [-0.3, -0.25) is 19.3 Å². The van der Waals surface area contributed by atoms with Gasteiger partial charge in [-0.05, 0) is 83.3 Å². The summed E-state index contributed by atoms with van der Waals surface area (Å²) in [6.45, 7) is 4.24. The van der Waals surface area contributed by atoms with Crippen molar-refractivity contribution in [2.24, 2.45) is 0 Å². The van der Waals surface area contributed by atoms with Crippen LogP contribution in [0.5, 0.6) is 0 Å². The lowest BCUT2D eigenvalue weighted by Gasteiger charge is -2.26. The van der Waals surface area contributed by atoms with E-state index in [1.165, 1.54) is 40.0 Å². The zero-order chi connectivity index (χ0) is 34.2. The summed E-state index contributed by atoms with van der Waals surface area (Å²) in [7, 11) is 0. The van der Waals surface area contributed by atoms with Crippen LogP contribution in [-0.4, -0.2) is 34.4 Å². The van der Waals surface area contributed by atoms with Crippen LogP contribution in [0.25, 0.3) is 6.08 Å². The summed E-state index contributed by atoms with van der Waals surface area (Å²) in [5.74, 6) is -1.08. The number of anilines is 2. The number of nitrogens with zero attached hydrogens (tertiary/aromatic N) is 2. The first-order chi connectivity index (χ1) is 23.9. The number of hydrogen-bond donors (Lipinski definition) is 3. The van der Waals surface area contributed by atoms with Gasteiger partial charge in [0.25, 0.3) is 11.8 Å². The van der Waals surface area contributed by atoms with Crippen molar-refractivity contribution in [3.63, 3.8) is 0 Å². The standard InChI is InChI=1S/C38H33N5O3S3/c1-25(35(44)42-38-32(21-39)31-15-17-43(23-34(31)49-38)22-26-9-4-2-5-10-26)48-30-14-8-13-29(20-30)40-37(46)33(19-27-16-18-47-24-27)41-36(45)28-11-6-3-7-12-28/h2-14,16,18-20,24-25H,15,17,22-23H2,1H3,(H,40,46)(H,41,45)(H,42,44)/b33-19-. The number of thiophene rings is 2. The summed E-state index contributed by atoms with van der Waals surface area (Å²) in [6, 6.07) is 30.4. The lowest BCUT2D eigenvalue weighted by atomic mass is 10.0. The number of rotatable bonds is 11. The van der Waals surface area contributed by atoms with Crippen molar-refractivity contribution in [1.82, 2.24) is 10.2 Å². The molecule has 1 aliphatic heterocycles. The van der Waals surface area contributed by atoms with Crippen molar-refractivity contribution in [3.05, 3.63) is 140 Å². The van der Waals surface area contributed by atoms with Crippen LogP contribution in [0.4, 0.5) is 10.7 Å². The van der Waals surface area contributed by atoms with Gasteiger partial charge in [0.1, 0.15) is 16.8 Å². The highest BCUT2D eigenvalue weighted by molar-refractivity contribution is 8.00. The minimum Gasteiger partial charge on any atom is -0.321 e. The summed E-state index contributed by atoms with van der Waals surface area (Å²) >= 11 is 4.32. The van der Waals surface area contributed by atoms with Crippen LogP contribution in [0, 0.1) is 11.3 Å². The SMILES string of the molecule is CC(Sc1cccc(NC(=O)/C(=C/c2ccsc2)NC(=O)c2ccccc2)c1)C(=O)Nc1sc2c(c1C#N)CCN(Cc1ccccc1)C2. The molecule has 49 heavy (non-hydrogen) atoms. The summed E-state index contributed by atoms with van der Waals surface area (Å²) in [4.78, 5) is 43.9. The summed E-state index contributed by atoms with van der Waals surface area (Å²) in [5, 5.41) is 22.5. The third-order valence-corrected chi connectivity index (χ3v) is 10.8. The van der Waals surface area contributed by atoms with Crippen LogP contribution in [0.1, 0.15) is 44.4 Å². The maximum atomic E-state index is 13.4. The fourth-order valence-corrected chi connectivity index (χ4v) is 8.21. The maximum Gasteiger partial charge on any atom is 0.272 e. The Morgan fingerprint density at radius 1 is 1.00 bits per heavy atom. The molecule has 0 saturated heterocycles. The summed E-state index contributed by atoms with van der Waals surface area (Å²) < 4.78 is 0. The van der Waals surface area contributed by atoms with Crippen molar-refractivity contribution in [1.29, 1.82) is 5.26 Å². The van der Waals surface area contributed by atoms with Crippen molar-refractivity contribution in [2.45, 2.75) is 36.6 Å². The van der Waals surface area contributed by atoms with E-state index in [4.69, 9.17) is 0 Å². The van der Waals surface area contributed by atoms with Gasteiger partial charge in [0.2, 0.25) is 5.91 Å². The molecule has 1 unspecified atom stereocenters. The molecule has 0 fully saturated rings. The van der Waals surface area contributed by atoms with E-state index in [9.17, 15) is 19.6 Å². The van der Waals surface area contributed by atoms with Crippen LogP contribution in [-0.2, 0) is 29.1 Å². The second-order valence-electron chi connectivity index (χ2n) is 11.4. The molecule has 246 valence electrons. The Morgan fingerprint density at radius 2 is 1.78 bits per heavy atom. The molecule has 3 amide bonds. The second kappa shape index (κ2) is 15.9. The Labute approximate surface area is 297 Å². The van der Waals surface area contributed by atoms with E-state index in [-0.39, 0.29) is 11.6 Å². The van der Waals surface area contributed by atoms with Crippen molar-refractivity contribution < 1.29 is 14.4 Å². The first-order valence-corrected chi connectivity index (χ1v) is 18.3. The van der Waals surface area contributed by atoms with E-state index >= 15 is 0 Å². The fourth-order valence-electron chi connectivity index (χ4n) is 5.42. The Kier molecular flexibility index (Phi) is 11.0. The molecular weight excluding hydrogens is 671 g/mol. The highest BCUT2D eigenvalue weighted by Gasteiger charge is 2.26. The molecule has 1 atom stereocenters. The number of hydrogen-bond acceptors (Lipinski definition) is 8. The predicted molar refractivity (Wildman–Crippen MR) is 199 cm³/mol. The smallest absolute Gasteiger partial charge is 0.272 e. The maximum absolute atomic E-state index is 13.4. The zero-order valence-electron chi connectivity index (χ0n) is 26.6. The summed E-state index contributed by atoms with van der Waals surface area (Å²) in [6.07, 6.45) is 2.40. The predicted octanol–water partition coefficient (Wildman–Crippen LogP) is 7.77. The zero-order valence-corrected chi connectivity index (χ0v) is 29.1. The van der Waals surface area contributed by atoms with Gasteiger partial charge in [0.05, 0.1) is 10.8 Å². The van der Waals surface area contributed by atoms with Gasteiger partial charge in [-0.2, -0.15) is 16.6 Å². The van der Waals surface area contributed by atoms with Crippen LogP contribution in [0.3, 0.4) is 0 Å². The molecule has 3 aromatic carbocycles. The number of carbonyl (C=O) groups is 3. The largest absolute Gasteiger partial charge is 0.321 e. The first kappa shape index (κ1) is 33.9. The molecule has 8 nitrogen and oxygen atoms in total. The molecule has 11 heteroatoms. The van der Waals surface area contributed by atoms with E-state index in [1.54, 1.807) is 48.5 Å². The number of benzene rings is 3. The molecule has 0 bridgehead atoms. The fraction of sp³-hybridized carbons (Fsp3) is 0.158. The Hall–Kier alpha value is -4.99. The first-order valence-electron chi connectivity index (χ1n) is 15.7. The molecular formula is C38H33N5O3S3. The van der Waals surface area contributed by atoms with Crippen molar-refractivity contribution >= 4 is 68.9 Å². The lowest BCUT2D eigenvalue weighted by Crippen LogP contribution is -2.30. The van der Waals surface area contributed by atoms with Gasteiger partial charge >= 0.3 is 0 Å². The van der Waals surface area contributed by atoms with Gasteiger partial charge in [-0.25, -0.2) is 0 Å². The molecule has 5 aromatic rings. The molecule has 3 heterocycles. The summed E-state index contributed by atoms with van der Waals surface area (Å²) in [5.41, 5.74) is 4.69. The number of nitrogens with one attached hydrogen (secondary N) is 3. The second-order valence-corrected chi connectivity index (χ2v) is 14.7. The molecule has 1 aliphatic rings.